The molecule has 0 aromatic carbocycles. The lowest BCUT2D eigenvalue weighted by Gasteiger charge is -2.38. The van der Waals surface area contributed by atoms with Crippen LogP contribution in [0.1, 0.15) is 67.1 Å². The predicted molar refractivity (Wildman–Crippen MR) is 107 cm³/mol. The second-order valence-electron chi connectivity index (χ2n) is 8.61. The summed E-state index contributed by atoms with van der Waals surface area (Å²) in [5.74, 6) is -5.87. The Hall–Kier alpha value is -2.91. The van der Waals surface area contributed by atoms with Crippen molar-refractivity contribution in [1.82, 2.24) is 20.5 Å². The van der Waals surface area contributed by atoms with Gasteiger partial charge in [-0.05, 0) is 31.7 Å². The third-order valence-electron chi connectivity index (χ3n) is 6.11. The van der Waals surface area contributed by atoms with Crippen molar-refractivity contribution in [1.29, 1.82) is 5.41 Å². The number of hydrogen-bond acceptors (Lipinski definition) is 5. The highest BCUT2D eigenvalue weighted by Crippen LogP contribution is 2.33. The number of carbonyl (C=O) groups is 3. The number of alkyl halides is 2. The van der Waals surface area contributed by atoms with Crippen molar-refractivity contribution in [2.24, 2.45) is 5.92 Å². The van der Waals surface area contributed by atoms with Gasteiger partial charge in [-0.3, -0.25) is 24.8 Å². The molecular weight excluding hydrogens is 408 g/mol. The fourth-order valence-electron chi connectivity index (χ4n) is 4.19. The molecule has 3 N–H and O–H groups in total. The standard InChI is InChI=1S/C21H25F2N5O3/c1-21(22,23)20(31)27-17(24)12-8-13-15(25-9-12)10-28(19(13)30)16-5-3-2-4-14(16)26-18(29)11-6-7-11/h8-9,11,14,16H,2-7,10H2,1H3,(H,26,29)(H2,24,27,31)/t14-,16?/m1/s1. The molecule has 0 radical (unpaired) electrons. The second kappa shape index (κ2) is 7.97. The lowest BCUT2D eigenvalue weighted by Crippen LogP contribution is -2.53. The third kappa shape index (κ3) is 4.42. The van der Waals surface area contributed by atoms with Crippen LogP contribution in [0.2, 0.25) is 0 Å². The fraction of sp³-hybridized carbons (Fsp3) is 0.571. The highest BCUT2D eigenvalue weighted by Gasteiger charge is 2.41. The molecule has 2 heterocycles. The molecule has 166 valence electrons. The molecule has 1 unspecified atom stereocenters. The number of amidine groups is 1. The van der Waals surface area contributed by atoms with Crippen molar-refractivity contribution in [3.8, 4) is 0 Å². The zero-order valence-electron chi connectivity index (χ0n) is 17.2. The van der Waals surface area contributed by atoms with Crippen molar-refractivity contribution in [2.45, 2.75) is 70.0 Å². The smallest absolute Gasteiger partial charge is 0.322 e. The topological polar surface area (TPSA) is 115 Å². The minimum absolute atomic E-state index is 0.0541. The molecule has 2 aliphatic carbocycles. The minimum Gasteiger partial charge on any atom is -0.351 e. The monoisotopic (exact) mass is 433 g/mol. The summed E-state index contributed by atoms with van der Waals surface area (Å²) in [6.45, 7) is 0.738. The Labute approximate surface area is 178 Å². The van der Waals surface area contributed by atoms with Crippen molar-refractivity contribution in [2.75, 3.05) is 0 Å². The van der Waals surface area contributed by atoms with E-state index < -0.39 is 17.7 Å². The van der Waals surface area contributed by atoms with Crippen LogP contribution >= 0.6 is 0 Å². The summed E-state index contributed by atoms with van der Waals surface area (Å²) in [7, 11) is 0. The van der Waals surface area contributed by atoms with E-state index >= 15 is 0 Å². The summed E-state index contributed by atoms with van der Waals surface area (Å²) in [6, 6.07) is 1.16. The maximum Gasteiger partial charge on any atom is 0.322 e. The minimum atomic E-state index is -3.62. The molecule has 3 aliphatic rings. The second-order valence-corrected chi connectivity index (χ2v) is 8.61. The van der Waals surface area contributed by atoms with Gasteiger partial charge < -0.3 is 15.5 Å². The fourth-order valence-corrected chi connectivity index (χ4v) is 4.19. The summed E-state index contributed by atoms with van der Waals surface area (Å²) in [5, 5.41) is 12.9. The van der Waals surface area contributed by atoms with E-state index in [-0.39, 0.29) is 40.9 Å². The third-order valence-corrected chi connectivity index (χ3v) is 6.11. The summed E-state index contributed by atoms with van der Waals surface area (Å²) in [4.78, 5) is 42.8. The van der Waals surface area contributed by atoms with Crippen LogP contribution in [0.25, 0.3) is 0 Å². The number of amides is 3. The summed E-state index contributed by atoms with van der Waals surface area (Å²) >= 11 is 0. The van der Waals surface area contributed by atoms with Crippen LogP contribution in [0, 0.1) is 11.3 Å². The van der Waals surface area contributed by atoms with Crippen LogP contribution < -0.4 is 10.6 Å². The lowest BCUT2D eigenvalue weighted by atomic mass is 9.89. The maximum atomic E-state index is 13.1. The van der Waals surface area contributed by atoms with Gasteiger partial charge in [-0.2, -0.15) is 8.78 Å². The summed E-state index contributed by atoms with van der Waals surface area (Å²) < 4.78 is 26.2. The average Bonchev–Trinajstić information content (AvgIpc) is 3.52. The number of pyridine rings is 1. The Balaban J connectivity index is 1.49. The van der Waals surface area contributed by atoms with E-state index in [1.54, 1.807) is 4.90 Å². The van der Waals surface area contributed by atoms with Crippen LogP contribution in [0.15, 0.2) is 12.3 Å². The van der Waals surface area contributed by atoms with Gasteiger partial charge in [0.25, 0.3) is 11.8 Å². The number of aromatic nitrogens is 1. The van der Waals surface area contributed by atoms with Crippen LogP contribution in [0.3, 0.4) is 0 Å². The van der Waals surface area contributed by atoms with E-state index in [0.717, 1.165) is 38.5 Å². The van der Waals surface area contributed by atoms with Gasteiger partial charge in [0.2, 0.25) is 5.91 Å². The normalized spacial score (nSPS) is 23.3. The largest absolute Gasteiger partial charge is 0.351 e. The van der Waals surface area contributed by atoms with Gasteiger partial charge in [-0.1, -0.05) is 12.8 Å². The first-order valence-electron chi connectivity index (χ1n) is 10.5. The first kappa shape index (κ1) is 21.3. The van der Waals surface area contributed by atoms with Crippen molar-refractivity contribution in [3.05, 3.63) is 29.1 Å². The number of halogens is 2. The van der Waals surface area contributed by atoms with E-state index in [9.17, 15) is 23.2 Å². The summed E-state index contributed by atoms with van der Waals surface area (Å²) in [6.07, 6.45) is 6.65. The Morgan fingerprint density at radius 1 is 1.23 bits per heavy atom. The Kier molecular flexibility index (Phi) is 5.49. The average molecular weight is 433 g/mol. The molecule has 0 saturated heterocycles. The highest BCUT2D eigenvalue weighted by atomic mass is 19.3. The van der Waals surface area contributed by atoms with Crippen molar-refractivity contribution < 1.29 is 23.2 Å². The molecule has 0 bridgehead atoms. The SMILES string of the molecule is CC(F)(F)C(=O)NC(=N)c1cnc2c(c1)C(=O)N(C1CCCC[C@H]1NC(=O)C1CC1)C2. The number of nitrogens with zero attached hydrogens (tertiary/aromatic N) is 2. The van der Waals surface area contributed by atoms with Crippen molar-refractivity contribution >= 4 is 23.6 Å². The predicted octanol–water partition coefficient (Wildman–Crippen LogP) is 1.97. The van der Waals surface area contributed by atoms with Gasteiger partial charge in [0, 0.05) is 30.6 Å². The van der Waals surface area contributed by atoms with Crippen LogP contribution in [0.5, 0.6) is 0 Å². The van der Waals surface area contributed by atoms with Gasteiger partial charge >= 0.3 is 5.92 Å². The number of nitrogens with one attached hydrogen (secondary N) is 3. The maximum absolute atomic E-state index is 13.1. The molecule has 2 saturated carbocycles. The molecule has 0 spiro atoms. The Bertz CT molecular complexity index is 941. The van der Waals surface area contributed by atoms with E-state index in [0.29, 0.717) is 19.2 Å². The molecule has 10 heteroatoms. The molecule has 3 amide bonds. The van der Waals surface area contributed by atoms with Crippen LogP contribution in [-0.2, 0) is 16.1 Å². The lowest BCUT2D eigenvalue weighted by molar-refractivity contribution is -0.141. The molecule has 4 rings (SSSR count). The first-order chi connectivity index (χ1) is 14.6. The Morgan fingerprint density at radius 3 is 2.61 bits per heavy atom. The Morgan fingerprint density at radius 2 is 1.94 bits per heavy atom. The summed E-state index contributed by atoms with van der Waals surface area (Å²) in [5.41, 5.74) is 0.901. The number of carbonyl (C=O) groups excluding carboxylic acids is 3. The molecule has 1 aliphatic heterocycles. The van der Waals surface area contributed by atoms with E-state index in [2.05, 4.69) is 10.3 Å². The molecule has 1 aromatic heterocycles. The van der Waals surface area contributed by atoms with Gasteiger partial charge in [-0.15, -0.1) is 0 Å². The van der Waals surface area contributed by atoms with E-state index in [4.69, 9.17) is 5.41 Å². The van der Waals surface area contributed by atoms with Crippen molar-refractivity contribution in [3.63, 3.8) is 0 Å². The zero-order chi connectivity index (χ0) is 22.3. The zero-order valence-corrected chi connectivity index (χ0v) is 17.2. The molecule has 31 heavy (non-hydrogen) atoms. The first-order valence-corrected chi connectivity index (χ1v) is 10.5. The molecule has 2 fully saturated rings. The highest BCUT2D eigenvalue weighted by molar-refractivity contribution is 6.09. The van der Waals surface area contributed by atoms with Gasteiger partial charge in [0.1, 0.15) is 5.84 Å². The molecule has 2 atom stereocenters. The van der Waals surface area contributed by atoms with Gasteiger partial charge in [0.05, 0.1) is 23.8 Å². The van der Waals surface area contributed by atoms with Crippen LogP contribution in [0.4, 0.5) is 8.78 Å². The quantitative estimate of drug-likeness (QED) is 0.486. The van der Waals surface area contributed by atoms with Crippen LogP contribution in [-0.4, -0.2) is 51.4 Å². The number of hydrogen-bond donors (Lipinski definition) is 3. The van der Waals surface area contributed by atoms with E-state index in [1.165, 1.54) is 12.3 Å². The molecule has 8 nitrogen and oxygen atoms in total. The molecular formula is C21H25F2N5O3. The number of fused-ring (bicyclic) bond motifs is 1. The van der Waals surface area contributed by atoms with E-state index in [1.807, 2.05) is 5.32 Å². The van der Waals surface area contributed by atoms with Gasteiger partial charge in [0.15, 0.2) is 0 Å². The number of rotatable bonds is 5. The van der Waals surface area contributed by atoms with Gasteiger partial charge in [-0.25, -0.2) is 0 Å². The molecule has 1 aromatic rings.